The van der Waals surface area contributed by atoms with Gasteiger partial charge in [0.05, 0.1) is 4.92 Å². The maximum Gasteiger partial charge on any atom is 0.273 e. The molecule has 2 aliphatic rings. The lowest BCUT2D eigenvalue weighted by molar-refractivity contribution is -0.385. The van der Waals surface area contributed by atoms with Crippen molar-refractivity contribution in [2.24, 2.45) is 5.41 Å². The van der Waals surface area contributed by atoms with Gasteiger partial charge in [0.15, 0.2) is 5.78 Å². The van der Waals surface area contributed by atoms with Crippen LogP contribution < -0.4 is 5.32 Å². The predicted octanol–water partition coefficient (Wildman–Crippen LogP) is 7.93. The number of anilines is 1. The molecule has 1 N–H and O–H groups in total. The fraction of sp³-hybridized carbons (Fsp3) is 0.258. The van der Waals surface area contributed by atoms with Crippen LogP contribution >= 0.6 is 0 Å². The SMILES string of the molecule is Cc1cc(C)c([N+](=O)[O-])cc1-c1ccc([C@H]2Nc3ccc4ccccc4c3C3=C2C(=O)CC(C)(C)C3)o1. The molecule has 1 aromatic heterocycles. The Morgan fingerprint density at radius 3 is 2.57 bits per heavy atom. The summed E-state index contributed by atoms with van der Waals surface area (Å²) < 4.78 is 6.34. The Hall–Kier alpha value is -4.19. The summed E-state index contributed by atoms with van der Waals surface area (Å²) in [5.41, 5.74) is 6.02. The Balaban J connectivity index is 1.51. The summed E-state index contributed by atoms with van der Waals surface area (Å²) in [6.07, 6.45) is 1.27. The Kier molecular flexibility index (Phi) is 5.13. The van der Waals surface area contributed by atoms with E-state index >= 15 is 0 Å². The number of carbonyl (C=O) groups is 1. The zero-order valence-corrected chi connectivity index (χ0v) is 21.3. The number of nitrogens with zero attached hydrogens (tertiary/aromatic N) is 1. The van der Waals surface area contributed by atoms with E-state index in [0.717, 1.165) is 45.2 Å². The summed E-state index contributed by atoms with van der Waals surface area (Å²) in [4.78, 5) is 24.8. The number of nitro benzene ring substituents is 1. The number of hydrogen-bond acceptors (Lipinski definition) is 5. The molecule has 3 aromatic carbocycles. The van der Waals surface area contributed by atoms with Crippen LogP contribution in [0.1, 0.15) is 55.2 Å². The largest absolute Gasteiger partial charge is 0.459 e. The second-order valence-corrected chi connectivity index (χ2v) is 11.0. The van der Waals surface area contributed by atoms with E-state index in [0.29, 0.717) is 29.1 Å². The van der Waals surface area contributed by atoms with Crippen LogP contribution in [-0.4, -0.2) is 10.7 Å². The summed E-state index contributed by atoms with van der Waals surface area (Å²) in [7, 11) is 0. The van der Waals surface area contributed by atoms with Crippen molar-refractivity contribution in [2.45, 2.75) is 46.6 Å². The van der Waals surface area contributed by atoms with E-state index in [2.05, 4.69) is 43.4 Å². The number of Topliss-reactive ketones (excluding diaryl/α,β-unsaturated/α-hetero) is 1. The molecule has 0 amide bonds. The zero-order valence-electron chi connectivity index (χ0n) is 21.3. The molecule has 0 unspecified atom stereocenters. The highest BCUT2D eigenvalue weighted by Gasteiger charge is 2.41. The Bertz CT molecular complexity index is 1660. The molecule has 1 aliphatic heterocycles. The summed E-state index contributed by atoms with van der Waals surface area (Å²) >= 11 is 0. The zero-order chi connectivity index (χ0) is 26.1. The molecule has 37 heavy (non-hydrogen) atoms. The third-order valence-corrected chi connectivity index (χ3v) is 7.66. The molecule has 1 atom stereocenters. The molecule has 6 rings (SSSR count). The number of fused-ring (bicyclic) bond motifs is 4. The van der Waals surface area contributed by atoms with Crippen LogP contribution in [0.15, 0.2) is 70.7 Å². The Morgan fingerprint density at radius 2 is 1.78 bits per heavy atom. The molecule has 6 heteroatoms. The van der Waals surface area contributed by atoms with Gasteiger partial charge in [-0.1, -0.05) is 44.2 Å². The summed E-state index contributed by atoms with van der Waals surface area (Å²) in [5, 5.41) is 17.4. The van der Waals surface area contributed by atoms with Gasteiger partial charge in [0.1, 0.15) is 17.6 Å². The first-order valence-corrected chi connectivity index (χ1v) is 12.5. The highest BCUT2D eigenvalue weighted by Crippen LogP contribution is 2.52. The first-order valence-electron chi connectivity index (χ1n) is 12.5. The molecule has 0 bridgehead atoms. The number of ketones is 1. The lowest BCUT2D eigenvalue weighted by atomic mass is 9.68. The normalized spacial score (nSPS) is 18.4. The maximum absolute atomic E-state index is 13.6. The Morgan fingerprint density at radius 1 is 1.00 bits per heavy atom. The van der Waals surface area contributed by atoms with Gasteiger partial charge in [-0.15, -0.1) is 0 Å². The second-order valence-electron chi connectivity index (χ2n) is 11.0. The fourth-order valence-corrected chi connectivity index (χ4v) is 6.01. The van der Waals surface area contributed by atoms with Gasteiger partial charge in [0.2, 0.25) is 0 Å². The molecule has 1 aliphatic carbocycles. The number of hydrogen-bond donors (Lipinski definition) is 1. The third kappa shape index (κ3) is 3.75. The number of allylic oxidation sites excluding steroid dienone is 1. The van der Waals surface area contributed by atoms with Gasteiger partial charge in [-0.2, -0.15) is 0 Å². The lowest BCUT2D eigenvalue weighted by Gasteiger charge is -2.39. The highest BCUT2D eigenvalue weighted by atomic mass is 16.6. The smallest absolute Gasteiger partial charge is 0.273 e. The number of carbonyl (C=O) groups excluding carboxylic acids is 1. The molecule has 0 saturated heterocycles. The molecular weight excluding hydrogens is 464 g/mol. The second kappa shape index (κ2) is 8.17. The molecule has 0 spiro atoms. The van der Waals surface area contributed by atoms with E-state index in [4.69, 9.17) is 4.42 Å². The Labute approximate surface area is 215 Å². The highest BCUT2D eigenvalue weighted by molar-refractivity contribution is 6.12. The van der Waals surface area contributed by atoms with Crippen LogP contribution in [0.4, 0.5) is 11.4 Å². The van der Waals surface area contributed by atoms with Crippen molar-refractivity contribution < 1.29 is 14.1 Å². The van der Waals surface area contributed by atoms with E-state index in [9.17, 15) is 14.9 Å². The number of nitrogens with one attached hydrogen (secondary N) is 1. The van der Waals surface area contributed by atoms with E-state index in [1.165, 1.54) is 0 Å². The maximum atomic E-state index is 13.6. The van der Waals surface area contributed by atoms with Crippen molar-refractivity contribution in [1.29, 1.82) is 0 Å². The lowest BCUT2D eigenvalue weighted by Crippen LogP contribution is -2.33. The summed E-state index contributed by atoms with van der Waals surface area (Å²) in [6, 6.07) is 19.1. The predicted molar refractivity (Wildman–Crippen MR) is 146 cm³/mol. The van der Waals surface area contributed by atoms with Gasteiger partial charge in [-0.3, -0.25) is 14.9 Å². The van der Waals surface area contributed by atoms with Gasteiger partial charge in [-0.05, 0) is 71.9 Å². The number of aryl methyl sites for hydroxylation is 2. The average Bonchev–Trinajstić information content (AvgIpc) is 3.32. The molecule has 0 radical (unpaired) electrons. The summed E-state index contributed by atoms with van der Waals surface area (Å²) in [6.45, 7) is 7.95. The van der Waals surface area contributed by atoms with Gasteiger partial charge in [0.25, 0.3) is 5.69 Å². The molecule has 186 valence electrons. The van der Waals surface area contributed by atoms with E-state index in [-0.39, 0.29) is 21.8 Å². The third-order valence-electron chi connectivity index (χ3n) is 7.66. The number of nitro groups is 1. The van der Waals surface area contributed by atoms with Crippen LogP contribution in [0.2, 0.25) is 0 Å². The topological polar surface area (TPSA) is 85.4 Å². The van der Waals surface area contributed by atoms with Crippen LogP contribution in [0.25, 0.3) is 27.7 Å². The first kappa shape index (κ1) is 23.2. The molecule has 0 saturated carbocycles. The van der Waals surface area contributed by atoms with E-state index in [1.807, 2.05) is 37.3 Å². The van der Waals surface area contributed by atoms with Crippen molar-refractivity contribution in [3.63, 3.8) is 0 Å². The summed E-state index contributed by atoms with van der Waals surface area (Å²) in [5.74, 6) is 1.30. The van der Waals surface area contributed by atoms with Crippen molar-refractivity contribution in [3.8, 4) is 11.3 Å². The first-order chi connectivity index (χ1) is 17.6. The molecular formula is C31H28N2O4. The van der Waals surface area contributed by atoms with Crippen LogP contribution in [-0.2, 0) is 4.79 Å². The molecule has 0 fully saturated rings. The van der Waals surface area contributed by atoms with E-state index in [1.54, 1.807) is 13.0 Å². The van der Waals surface area contributed by atoms with Crippen molar-refractivity contribution >= 4 is 33.5 Å². The van der Waals surface area contributed by atoms with Gasteiger partial charge in [-0.25, -0.2) is 0 Å². The number of benzene rings is 3. The minimum Gasteiger partial charge on any atom is -0.459 e. The standard InChI is InChI=1S/C31H28N2O4/c1-17-13-18(2)24(33(35)36)14-21(17)26-11-12-27(37-26)30-29-22(15-31(3,4)16-25(29)34)28-20-8-6-5-7-19(20)9-10-23(28)32-30/h5-14,30,32H,15-16H2,1-4H3/t30-/m1/s1. The van der Waals surface area contributed by atoms with E-state index < -0.39 is 6.04 Å². The fourth-order valence-electron chi connectivity index (χ4n) is 6.01. The van der Waals surface area contributed by atoms with Crippen LogP contribution in [0.5, 0.6) is 0 Å². The van der Waals surface area contributed by atoms with Crippen LogP contribution in [0, 0.1) is 29.4 Å². The average molecular weight is 493 g/mol. The van der Waals surface area contributed by atoms with Crippen LogP contribution in [0.3, 0.4) is 0 Å². The van der Waals surface area contributed by atoms with Crippen molar-refractivity contribution in [1.82, 2.24) is 0 Å². The van der Waals surface area contributed by atoms with Gasteiger partial charge >= 0.3 is 0 Å². The molecule has 6 nitrogen and oxygen atoms in total. The molecule has 4 aromatic rings. The quantitative estimate of drug-likeness (QED) is 0.232. The molecule has 2 heterocycles. The van der Waals surface area contributed by atoms with Crippen molar-refractivity contribution in [3.05, 3.63) is 98.8 Å². The number of furan rings is 1. The minimum atomic E-state index is -0.429. The monoisotopic (exact) mass is 492 g/mol. The number of rotatable bonds is 3. The van der Waals surface area contributed by atoms with Gasteiger partial charge < -0.3 is 9.73 Å². The minimum absolute atomic E-state index is 0.0600. The van der Waals surface area contributed by atoms with Gasteiger partial charge in [0, 0.05) is 40.4 Å². The van der Waals surface area contributed by atoms with Crippen molar-refractivity contribution in [2.75, 3.05) is 5.32 Å².